The summed E-state index contributed by atoms with van der Waals surface area (Å²) >= 11 is 0. The van der Waals surface area contributed by atoms with Crippen LogP contribution < -0.4 is 0 Å². The molecular weight excluding hydrogens is 172 g/mol. The molecule has 1 unspecified atom stereocenters. The minimum Gasteiger partial charge on any atom is -0.385 e. The van der Waals surface area contributed by atoms with Crippen LogP contribution in [0, 0.1) is 13.8 Å². The molecule has 0 bridgehead atoms. The van der Waals surface area contributed by atoms with Crippen LogP contribution in [0.15, 0.2) is 18.2 Å². The second-order valence-electron chi connectivity index (χ2n) is 4.34. The minimum absolute atomic E-state index is 0.674. The lowest BCUT2D eigenvalue weighted by Crippen LogP contribution is -2.21. The van der Waals surface area contributed by atoms with E-state index >= 15 is 0 Å². The van der Waals surface area contributed by atoms with Gasteiger partial charge in [-0.15, -0.1) is 0 Å². The van der Waals surface area contributed by atoms with Crippen molar-refractivity contribution in [2.24, 2.45) is 0 Å². The standard InChI is InChI=1S/C13H20O/c1-5-8-13(4,14)12-7-6-10(2)9-11(12)3/h6-7,9,14H,5,8H2,1-4H3. The van der Waals surface area contributed by atoms with Gasteiger partial charge in [0.05, 0.1) is 5.60 Å². The van der Waals surface area contributed by atoms with E-state index in [1.165, 1.54) is 11.1 Å². The number of aryl methyl sites for hydroxylation is 2. The van der Waals surface area contributed by atoms with Crippen molar-refractivity contribution in [2.45, 2.75) is 46.1 Å². The monoisotopic (exact) mass is 192 g/mol. The Labute approximate surface area is 86.8 Å². The van der Waals surface area contributed by atoms with Gasteiger partial charge in [0.2, 0.25) is 0 Å². The Bertz CT molecular complexity index is 313. The van der Waals surface area contributed by atoms with E-state index in [9.17, 15) is 5.11 Å². The minimum atomic E-state index is -0.674. The first-order chi connectivity index (χ1) is 6.47. The molecule has 1 nitrogen and oxygen atoms in total. The summed E-state index contributed by atoms with van der Waals surface area (Å²) in [4.78, 5) is 0. The molecule has 0 aliphatic heterocycles. The summed E-state index contributed by atoms with van der Waals surface area (Å²) in [6.45, 7) is 8.13. The maximum atomic E-state index is 10.3. The molecule has 1 atom stereocenters. The third kappa shape index (κ3) is 2.36. The lowest BCUT2D eigenvalue weighted by Gasteiger charge is -2.25. The molecule has 0 saturated heterocycles. The van der Waals surface area contributed by atoms with Crippen LogP contribution in [0.4, 0.5) is 0 Å². The fourth-order valence-corrected chi connectivity index (χ4v) is 2.04. The summed E-state index contributed by atoms with van der Waals surface area (Å²) < 4.78 is 0. The van der Waals surface area contributed by atoms with Gasteiger partial charge in [-0.2, -0.15) is 0 Å². The van der Waals surface area contributed by atoms with Gasteiger partial charge in [-0.05, 0) is 38.3 Å². The van der Waals surface area contributed by atoms with E-state index in [1.807, 2.05) is 13.0 Å². The van der Waals surface area contributed by atoms with E-state index in [0.717, 1.165) is 18.4 Å². The van der Waals surface area contributed by atoms with Gasteiger partial charge in [-0.1, -0.05) is 37.1 Å². The van der Waals surface area contributed by atoms with Gasteiger partial charge in [0.1, 0.15) is 0 Å². The highest BCUT2D eigenvalue weighted by Crippen LogP contribution is 2.28. The first kappa shape index (κ1) is 11.3. The number of hydrogen-bond acceptors (Lipinski definition) is 1. The Balaban J connectivity index is 3.06. The summed E-state index contributed by atoms with van der Waals surface area (Å²) in [6.07, 6.45) is 1.82. The SMILES string of the molecule is CCCC(C)(O)c1ccc(C)cc1C. The number of hydrogen-bond donors (Lipinski definition) is 1. The highest BCUT2D eigenvalue weighted by atomic mass is 16.3. The van der Waals surface area contributed by atoms with Gasteiger partial charge in [0.25, 0.3) is 0 Å². The number of benzene rings is 1. The van der Waals surface area contributed by atoms with E-state index in [0.29, 0.717) is 0 Å². The molecule has 0 heterocycles. The van der Waals surface area contributed by atoms with Crippen LogP contribution in [0.25, 0.3) is 0 Å². The van der Waals surface area contributed by atoms with Gasteiger partial charge in [0.15, 0.2) is 0 Å². The first-order valence-corrected chi connectivity index (χ1v) is 5.27. The molecule has 0 amide bonds. The molecule has 0 fully saturated rings. The summed E-state index contributed by atoms with van der Waals surface area (Å²) in [7, 11) is 0. The van der Waals surface area contributed by atoms with Gasteiger partial charge < -0.3 is 5.11 Å². The molecule has 0 aliphatic rings. The summed E-state index contributed by atoms with van der Waals surface area (Å²) in [5, 5.41) is 10.3. The smallest absolute Gasteiger partial charge is 0.0871 e. The van der Waals surface area contributed by atoms with E-state index in [2.05, 4.69) is 32.9 Å². The van der Waals surface area contributed by atoms with Gasteiger partial charge in [-0.25, -0.2) is 0 Å². The van der Waals surface area contributed by atoms with Crippen molar-refractivity contribution in [3.63, 3.8) is 0 Å². The molecule has 0 saturated carbocycles. The predicted octanol–water partition coefficient (Wildman–Crippen LogP) is 3.31. The van der Waals surface area contributed by atoms with Crippen molar-refractivity contribution in [1.82, 2.24) is 0 Å². The molecule has 1 aromatic rings. The third-order valence-corrected chi connectivity index (χ3v) is 2.70. The molecule has 0 aromatic heterocycles. The molecule has 0 spiro atoms. The molecule has 0 radical (unpaired) electrons. The van der Waals surface area contributed by atoms with Crippen molar-refractivity contribution < 1.29 is 5.11 Å². The zero-order chi connectivity index (χ0) is 10.8. The van der Waals surface area contributed by atoms with E-state index < -0.39 is 5.60 Å². The maximum Gasteiger partial charge on any atom is 0.0871 e. The van der Waals surface area contributed by atoms with Crippen molar-refractivity contribution in [3.8, 4) is 0 Å². The van der Waals surface area contributed by atoms with Crippen LogP contribution in [0.1, 0.15) is 43.4 Å². The lowest BCUT2D eigenvalue weighted by molar-refractivity contribution is 0.0463. The first-order valence-electron chi connectivity index (χ1n) is 5.27. The Morgan fingerprint density at radius 1 is 1.29 bits per heavy atom. The summed E-state index contributed by atoms with van der Waals surface area (Å²) in [5.74, 6) is 0. The third-order valence-electron chi connectivity index (χ3n) is 2.70. The van der Waals surface area contributed by atoms with Gasteiger partial charge >= 0.3 is 0 Å². The van der Waals surface area contributed by atoms with Crippen LogP contribution >= 0.6 is 0 Å². The lowest BCUT2D eigenvalue weighted by atomic mass is 9.87. The molecule has 78 valence electrons. The van der Waals surface area contributed by atoms with E-state index in [4.69, 9.17) is 0 Å². The summed E-state index contributed by atoms with van der Waals surface area (Å²) in [5.41, 5.74) is 2.82. The van der Waals surface area contributed by atoms with E-state index in [1.54, 1.807) is 0 Å². The molecule has 0 aliphatic carbocycles. The largest absolute Gasteiger partial charge is 0.385 e. The second-order valence-corrected chi connectivity index (χ2v) is 4.34. The van der Waals surface area contributed by atoms with E-state index in [-0.39, 0.29) is 0 Å². The zero-order valence-electron chi connectivity index (χ0n) is 9.59. The van der Waals surface area contributed by atoms with Crippen molar-refractivity contribution in [1.29, 1.82) is 0 Å². The fraction of sp³-hybridized carbons (Fsp3) is 0.538. The Morgan fingerprint density at radius 3 is 2.43 bits per heavy atom. The highest BCUT2D eigenvalue weighted by molar-refractivity contribution is 5.34. The number of rotatable bonds is 3. The molecule has 14 heavy (non-hydrogen) atoms. The molecule has 1 aromatic carbocycles. The molecule has 1 rings (SSSR count). The molecule has 1 heteroatoms. The molecule has 1 N–H and O–H groups in total. The van der Waals surface area contributed by atoms with Crippen LogP contribution in [0.2, 0.25) is 0 Å². The van der Waals surface area contributed by atoms with Crippen molar-refractivity contribution in [3.05, 3.63) is 34.9 Å². The zero-order valence-corrected chi connectivity index (χ0v) is 9.59. The Morgan fingerprint density at radius 2 is 1.93 bits per heavy atom. The van der Waals surface area contributed by atoms with Crippen LogP contribution in [-0.4, -0.2) is 5.11 Å². The van der Waals surface area contributed by atoms with Crippen LogP contribution in [0.3, 0.4) is 0 Å². The number of aliphatic hydroxyl groups is 1. The van der Waals surface area contributed by atoms with Gasteiger partial charge in [-0.3, -0.25) is 0 Å². The molecular formula is C13H20O. The normalized spacial score (nSPS) is 15.2. The second kappa shape index (κ2) is 4.14. The summed E-state index contributed by atoms with van der Waals surface area (Å²) in [6, 6.07) is 6.23. The average molecular weight is 192 g/mol. The topological polar surface area (TPSA) is 20.2 Å². The maximum absolute atomic E-state index is 10.3. The predicted molar refractivity (Wildman–Crippen MR) is 60.4 cm³/mol. The quantitative estimate of drug-likeness (QED) is 0.779. The Hall–Kier alpha value is -0.820. The highest BCUT2D eigenvalue weighted by Gasteiger charge is 2.23. The van der Waals surface area contributed by atoms with Gasteiger partial charge in [0, 0.05) is 0 Å². The van der Waals surface area contributed by atoms with Crippen molar-refractivity contribution in [2.75, 3.05) is 0 Å². The average Bonchev–Trinajstić information content (AvgIpc) is 2.02. The fourth-order valence-electron chi connectivity index (χ4n) is 2.04. The van der Waals surface area contributed by atoms with Crippen molar-refractivity contribution >= 4 is 0 Å². The van der Waals surface area contributed by atoms with Crippen LogP contribution in [-0.2, 0) is 5.60 Å². The van der Waals surface area contributed by atoms with Crippen LogP contribution in [0.5, 0.6) is 0 Å². The Kier molecular flexibility index (Phi) is 3.33.